The van der Waals surface area contributed by atoms with Crippen molar-refractivity contribution in [2.24, 2.45) is 5.92 Å². The third kappa shape index (κ3) is 5.08. The topological polar surface area (TPSA) is 58.6 Å². The molecule has 0 atom stereocenters. The van der Waals surface area contributed by atoms with Gasteiger partial charge in [-0.05, 0) is 56.4 Å². The lowest BCUT2D eigenvalue weighted by atomic mass is 10.0. The standard InChI is InChI=1S/C20H26N2O3/c1-2-25-18-8-3-15(4-9-18)5-10-19(23)21-17-11-13-22(14-12-17)20(24)16-6-7-16/h3-5,8-10,16-17H,2,6-7,11-14H2,1H3,(H,21,23)/b10-5+. The zero-order valence-corrected chi connectivity index (χ0v) is 14.7. The molecule has 3 rings (SSSR count). The van der Waals surface area contributed by atoms with Crippen LogP contribution in [0.1, 0.15) is 38.2 Å². The van der Waals surface area contributed by atoms with E-state index in [0.29, 0.717) is 12.5 Å². The Labute approximate surface area is 149 Å². The maximum Gasteiger partial charge on any atom is 0.244 e. The fraction of sp³-hybridized carbons (Fsp3) is 0.500. The summed E-state index contributed by atoms with van der Waals surface area (Å²) in [6.07, 6.45) is 7.13. The first kappa shape index (κ1) is 17.5. The summed E-state index contributed by atoms with van der Waals surface area (Å²) in [5.41, 5.74) is 0.962. The van der Waals surface area contributed by atoms with Crippen LogP contribution in [0, 0.1) is 5.92 Å². The molecule has 1 saturated carbocycles. The molecule has 0 spiro atoms. The summed E-state index contributed by atoms with van der Waals surface area (Å²) < 4.78 is 5.40. The minimum absolute atomic E-state index is 0.0825. The van der Waals surface area contributed by atoms with Crippen LogP contribution in [0.4, 0.5) is 0 Å². The van der Waals surface area contributed by atoms with E-state index in [9.17, 15) is 9.59 Å². The molecule has 2 aliphatic rings. The van der Waals surface area contributed by atoms with Gasteiger partial charge < -0.3 is 15.0 Å². The second-order valence-electron chi connectivity index (χ2n) is 6.72. The third-order valence-corrected chi connectivity index (χ3v) is 4.70. The molecule has 5 heteroatoms. The molecule has 0 bridgehead atoms. The summed E-state index contributed by atoms with van der Waals surface area (Å²) in [7, 11) is 0. The van der Waals surface area contributed by atoms with Crippen LogP contribution in [0.3, 0.4) is 0 Å². The van der Waals surface area contributed by atoms with Gasteiger partial charge in [0.15, 0.2) is 0 Å². The highest BCUT2D eigenvalue weighted by Gasteiger charge is 2.34. The molecule has 5 nitrogen and oxygen atoms in total. The Morgan fingerprint density at radius 2 is 1.84 bits per heavy atom. The maximum atomic E-state index is 12.1. The van der Waals surface area contributed by atoms with E-state index < -0.39 is 0 Å². The van der Waals surface area contributed by atoms with Crippen molar-refractivity contribution in [3.63, 3.8) is 0 Å². The van der Waals surface area contributed by atoms with Crippen molar-refractivity contribution in [3.05, 3.63) is 35.9 Å². The largest absolute Gasteiger partial charge is 0.494 e. The van der Waals surface area contributed by atoms with Crippen molar-refractivity contribution in [1.29, 1.82) is 0 Å². The van der Waals surface area contributed by atoms with Crippen molar-refractivity contribution in [2.45, 2.75) is 38.6 Å². The van der Waals surface area contributed by atoms with Crippen molar-refractivity contribution in [2.75, 3.05) is 19.7 Å². The van der Waals surface area contributed by atoms with Crippen LogP contribution in [0.15, 0.2) is 30.3 Å². The Hall–Kier alpha value is -2.30. The molecule has 134 valence electrons. The van der Waals surface area contributed by atoms with Crippen LogP contribution in [-0.4, -0.2) is 42.5 Å². The number of rotatable bonds is 6. The molecule has 0 unspecified atom stereocenters. The van der Waals surface area contributed by atoms with Crippen LogP contribution in [-0.2, 0) is 9.59 Å². The normalized spacial score (nSPS) is 18.4. The van der Waals surface area contributed by atoms with Gasteiger partial charge in [0, 0.05) is 31.1 Å². The van der Waals surface area contributed by atoms with Crippen LogP contribution in [0.5, 0.6) is 5.75 Å². The predicted octanol–water partition coefficient (Wildman–Crippen LogP) is 2.62. The van der Waals surface area contributed by atoms with Crippen molar-refractivity contribution in [1.82, 2.24) is 10.2 Å². The quantitative estimate of drug-likeness (QED) is 0.809. The van der Waals surface area contributed by atoms with Gasteiger partial charge in [0.1, 0.15) is 5.75 Å². The molecule has 1 aliphatic heterocycles. The summed E-state index contributed by atoms with van der Waals surface area (Å²) in [5.74, 6) is 1.33. The lowest BCUT2D eigenvalue weighted by Gasteiger charge is -2.32. The molecule has 1 aromatic rings. The predicted molar refractivity (Wildman–Crippen MR) is 97.1 cm³/mol. The van der Waals surface area contributed by atoms with E-state index in [1.54, 1.807) is 12.2 Å². The molecule has 2 fully saturated rings. The van der Waals surface area contributed by atoms with E-state index in [4.69, 9.17) is 4.74 Å². The molecule has 0 radical (unpaired) electrons. The van der Waals surface area contributed by atoms with Crippen molar-refractivity contribution >= 4 is 17.9 Å². The lowest BCUT2D eigenvalue weighted by Crippen LogP contribution is -2.46. The number of carbonyl (C=O) groups is 2. The number of nitrogens with one attached hydrogen (secondary N) is 1. The number of likely N-dealkylation sites (tertiary alicyclic amines) is 1. The molecule has 1 saturated heterocycles. The van der Waals surface area contributed by atoms with Crippen LogP contribution in [0.25, 0.3) is 6.08 Å². The minimum atomic E-state index is -0.0825. The fourth-order valence-electron chi connectivity index (χ4n) is 3.10. The Kier molecular flexibility index (Phi) is 5.74. The Bertz CT molecular complexity index is 627. The molecule has 1 N–H and O–H groups in total. The lowest BCUT2D eigenvalue weighted by molar-refractivity contribution is -0.133. The smallest absolute Gasteiger partial charge is 0.244 e. The molecule has 1 aliphatic carbocycles. The third-order valence-electron chi connectivity index (χ3n) is 4.70. The number of hydrogen-bond donors (Lipinski definition) is 1. The average molecular weight is 342 g/mol. The fourth-order valence-corrected chi connectivity index (χ4v) is 3.10. The zero-order chi connectivity index (χ0) is 17.6. The molecular weight excluding hydrogens is 316 g/mol. The number of nitrogens with zero attached hydrogens (tertiary/aromatic N) is 1. The summed E-state index contributed by atoms with van der Waals surface area (Å²) in [4.78, 5) is 26.1. The van der Waals surface area contributed by atoms with Gasteiger partial charge in [0.2, 0.25) is 11.8 Å². The molecular formula is C20H26N2O3. The Balaban J connectivity index is 1.42. The number of ether oxygens (including phenoxy) is 1. The summed E-state index contributed by atoms with van der Waals surface area (Å²) in [6.45, 7) is 4.10. The SMILES string of the molecule is CCOc1ccc(/C=C/C(=O)NC2CCN(C(=O)C3CC3)CC2)cc1. The van der Waals surface area contributed by atoms with E-state index in [2.05, 4.69) is 5.32 Å². The Morgan fingerprint density at radius 1 is 1.16 bits per heavy atom. The number of carbonyl (C=O) groups excluding carboxylic acids is 2. The molecule has 25 heavy (non-hydrogen) atoms. The van der Waals surface area contributed by atoms with Gasteiger partial charge in [-0.25, -0.2) is 0 Å². The first-order valence-corrected chi connectivity index (χ1v) is 9.16. The van der Waals surface area contributed by atoms with Crippen LogP contribution in [0.2, 0.25) is 0 Å². The van der Waals surface area contributed by atoms with Gasteiger partial charge in [0.25, 0.3) is 0 Å². The van der Waals surface area contributed by atoms with Gasteiger partial charge in [-0.3, -0.25) is 9.59 Å². The summed E-state index contributed by atoms with van der Waals surface area (Å²) >= 11 is 0. The minimum Gasteiger partial charge on any atom is -0.494 e. The highest BCUT2D eigenvalue weighted by molar-refractivity contribution is 5.92. The van der Waals surface area contributed by atoms with E-state index in [1.165, 1.54) is 0 Å². The number of piperidine rings is 1. The zero-order valence-electron chi connectivity index (χ0n) is 14.7. The number of amides is 2. The van der Waals surface area contributed by atoms with E-state index >= 15 is 0 Å². The van der Waals surface area contributed by atoms with Crippen molar-refractivity contribution < 1.29 is 14.3 Å². The van der Waals surface area contributed by atoms with Gasteiger partial charge >= 0.3 is 0 Å². The van der Waals surface area contributed by atoms with Crippen molar-refractivity contribution in [3.8, 4) is 5.75 Å². The first-order valence-electron chi connectivity index (χ1n) is 9.16. The van der Waals surface area contributed by atoms with E-state index in [1.807, 2.05) is 36.1 Å². The maximum absolute atomic E-state index is 12.1. The second-order valence-corrected chi connectivity index (χ2v) is 6.72. The second kappa shape index (κ2) is 8.19. The van der Waals surface area contributed by atoms with Crippen LogP contribution >= 0.6 is 0 Å². The highest BCUT2D eigenvalue weighted by Crippen LogP contribution is 2.31. The summed E-state index contributed by atoms with van der Waals surface area (Å²) in [5, 5.41) is 3.04. The molecule has 1 aromatic carbocycles. The van der Waals surface area contributed by atoms with Crippen LogP contribution < -0.4 is 10.1 Å². The van der Waals surface area contributed by atoms with E-state index in [0.717, 1.165) is 50.1 Å². The highest BCUT2D eigenvalue weighted by atomic mass is 16.5. The monoisotopic (exact) mass is 342 g/mol. The number of hydrogen-bond acceptors (Lipinski definition) is 3. The van der Waals surface area contributed by atoms with Gasteiger partial charge in [-0.15, -0.1) is 0 Å². The van der Waals surface area contributed by atoms with Gasteiger partial charge in [-0.2, -0.15) is 0 Å². The summed E-state index contributed by atoms with van der Waals surface area (Å²) in [6, 6.07) is 7.80. The van der Waals surface area contributed by atoms with Gasteiger partial charge in [-0.1, -0.05) is 12.1 Å². The average Bonchev–Trinajstić information content (AvgIpc) is 3.47. The number of benzene rings is 1. The molecule has 1 heterocycles. The molecule has 2 amide bonds. The first-order chi connectivity index (χ1) is 12.2. The van der Waals surface area contributed by atoms with Gasteiger partial charge in [0.05, 0.1) is 6.61 Å². The Morgan fingerprint density at radius 3 is 2.44 bits per heavy atom. The molecule has 0 aromatic heterocycles. The van der Waals surface area contributed by atoms with E-state index in [-0.39, 0.29) is 17.9 Å².